The molecule has 0 atom stereocenters. The van der Waals surface area contributed by atoms with Crippen molar-refractivity contribution >= 4 is 0 Å². The fraction of sp³-hybridized carbons (Fsp3) is 1.00. The molecule has 0 bridgehead atoms. The molecule has 0 radical (unpaired) electrons. The Morgan fingerprint density at radius 1 is 1.14 bits per heavy atom. The van der Waals surface area contributed by atoms with Gasteiger partial charge in [-0.05, 0) is 39.7 Å². The number of rotatable bonds is 7. The summed E-state index contributed by atoms with van der Waals surface area (Å²) in [5.41, 5.74) is -0.0259. The lowest BCUT2D eigenvalue weighted by Gasteiger charge is -2.20. The van der Waals surface area contributed by atoms with Crippen molar-refractivity contribution in [3.63, 3.8) is 0 Å². The maximum absolute atomic E-state index is 5.57. The van der Waals surface area contributed by atoms with Gasteiger partial charge in [0.15, 0.2) is 0 Å². The molecule has 0 amide bonds. The molecule has 1 N–H and O–H groups in total. The van der Waals surface area contributed by atoms with E-state index in [1.165, 1.54) is 19.3 Å². The van der Waals surface area contributed by atoms with E-state index in [9.17, 15) is 0 Å². The number of nitrogens with one attached hydrogen (secondary N) is 1. The Kier molecular flexibility index (Phi) is 7.20. The van der Waals surface area contributed by atoms with E-state index in [4.69, 9.17) is 4.74 Å². The summed E-state index contributed by atoms with van der Waals surface area (Å²) >= 11 is 0. The van der Waals surface area contributed by atoms with Crippen molar-refractivity contribution in [2.45, 2.75) is 59.5 Å². The zero-order valence-corrected chi connectivity index (χ0v) is 10.5. The Morgan fingerprint density at radius 3 is 2.14 bits per heavy atom. The van der Waals surface area contributed by atoms with E-state index in [0.717, 1.165) is 12.5 Å². The van der Waals surface area contributed by atoms with Crippen LogP contribution in [-0.4, -0.2) is 18.9 Å². The third-order valence-corrected chi connectivity index (χ3v) is 2.49. The number of ether oxygens (including phenoxy) is 1. The number of hydrogen-bond donors (Lipinski definition) is 1. The summed E-state index contributed by atoms with van der Waals surface area (Å²) in [5, 5.41) is 3.32. The summed E-state index contributed by atoms with van der Waals surface area (Å²) in [6.45, 7) is 12.5. The van der Waals surface area contributed by atoms with Crippen LogP contribution in [0.4, 0.5) is 0 Å². The lowest BCUT2D eigenvalue weighted by atomic mass is 10.00. The van der Waals surface area contributed by atoms with Gasteiger partial charge in [-0.1, -0.05) is 26.7 Å². The van der Waals surface area contributed by atoms with Crippen molar-refractivity contribution in [3.8, 4) is 0 Å². The van der Waals surface area contributed by atoms with Crippen LogP contribution in [-0.2, 0) is 4.74 Å². The predicted molar refractivity (Wildman–Crippen MR) is 62.4 cm³/mol. The molecule has 0 aliphatic heterocycles. The van der Waals surface area contributed by atoms with Gasteiger partial charge in [0.2, 0.25) is 0 Å². The average molecular weight is 201 g/mol. The van der Waals surface area contributed by atoms with E-state index in [1.807, 2.05) is 0 Å². The molecule has 0 aromatic rings. The highest BCUT2D eigenvalue weighted by Gasteiger charge is 2.09. The van der Waals surface area contributed by atoms with Gasteiger partial charge in [-0.15, -0.1) is 0 Å². The van der Waals surface area contributed by atoms with E-state index in [0.29, 0.717) is 6.73 Å². The molecule has 86 valence electrons. The van der Waals surface area contributed by atoms with E-state index in [-0.39, 0.29) is 5.60 Å². The molecule has 0 saturated carbocycles. The molecular weight excluding hydrogens is 174 g/mol. The van der Waals surface area contributed by atoms with Crippen molar-refractivity contribution < 1.29 is 4.74 Å². The Morgan fingerprint density at radius 2 is 1.71 bits per heavy atom. The van der Waals surface area contributed by atoms with Crippen molar-refractivity contribution in [2.24, 2.45) is 5.92 Å². The molecule has 0 aromatic heterocycles. The van der Waals surface area contributed by atoms with Gasteiger partial charge in [-0.3, -0.25) is 5.32 Å². The Balaban J connectivity index is 3.29. The summed E-state index contributed by atoms with van der Waals surface area (Å²) < 4.78 is 5.57. The molecule has 14 heavy (non-hydrogen) atoms. The van der Waals surface area contributed by atoms with Crippen molar-refractivity contribution in [1.82, 2.24) is 5.32 Å². The average Bonchev–Trinajstić information content (AvgIpc) is 2.09. The van der Waals surface area contributed by atoms with E-state index >= 15 is 0 Å². The standard InChI is InChI=1S/C12H27NO/c1-6-11(7-2)8-9-13-10-14-12(3,4)5/h11,13H,6-10H2,1-5H3. The first-order chi connectivity index (χ1) is 6.49. The highest BCUT2D eigenvalue weighted by atomic mass is 16.5. The van der Waals surface area contributed by atoms with Gasteiger partial charge >= 0.3 is 0 Å². The second-order valence-corrected chi connectivity index (χ2v) is 4.87. The predicted octanol–water partition coefficient (Wildman–Crippen LogP) is 3.17. The maximum Gasteiger partial charge on any atom is 0.0972 e. The Bertz CT molecular complexity index is 125. The lowest BCUT2D eigenvalue weighted by molar-refractivity contribution is -0.0134. The molecule has 0 unspecified atom stereocenters. The van der Waals surface area contributed by atoms with Gasteiger partial charge < -0.3 is 4.74 Å². The molecule has 0 spiro atoms. The normalized spacial score (nSPS) is 12.4. The fourth-order valence-electron chi connectivity index (χ4n) is 1.34. The molecule has 0 heterocycles. The van der Waals surface area contributed by atoms with Gasteiger partial charge in [0, 0.05) is 0 Å². The highest BCUT2D eigenvalue weighted by Crippen LogP contribution is 2.11. The summed E-state index contributed by atoms with van der Waals surface area (Å²) in [4.78, 5) is 0. The molecule has 0 saturated heterocycles. The topological polar surface area (TPSA) is 21.3 Å². The van der Waals surface area contributed by atoms with Crippen LogP contribution in [0, 0.1) is 5.92 Å². The minimum Gasteiger partial charge on any atom is -0.361 e. The van der Waals surface area contributed by atoms with Crippen LogP contribution in [0.5, 0.6) is 0 Å². The van der Waals surface area contributed by atoms with Crippen LogP contribution >= 0.6 is 0 Å². The van der Waals surface area contributed by atoms with Crippen LogP contribution in [0.3, 0.4) is 0 Å². The van der Waals surface area contributed by atoms with Crippen LogP contribution in [0.15, 0.2) is 0 Å². The van der Waals surface area contributed by atoms with Crippen molar-refractivity contribution in [2.75, 3.05) is 13.3 Å². The Hall–Kier alpha value is -0.0800. The molecule has 0 fully saturated rings. The van der Waals surface area contributed by atoms with E-state index < -0.39 is 0 Å². The molecule has 0 aliphatic carbocycles. The summed E-state index contributed by atoms with van der Waals surface area (Å²) in [5.74, 6) is 0.872. The first-order valence-corrected chi connectivity index (χ1v) is 5.84. The zero-order valence-electron chi connectivity index (χ0n) is 10.5. The first-order valence-electron chi connectivity index (χ1n) is 5.84. The van der Waals surface area contributed by atoms with Crippen LogP contribution in [0.25, 0.3) is 0 Å². The summed E-state index contributed by atoms with van der Waals surface area (Å²) in [6.07, 6.45) is 3.84. The van der Waals surface area contributed by atoms with Gasteiger partial charge in [0.05, 0.1) is 12.3 Å². The maximum atomic E-state index is 5.57. The monoisotopic (exact) mass is 201 g/mol. The van der Waals surface area contributed by atoms with Crippen LogP contribution in [0.2, 0.25) is 0 Å². The highest BCUT2D eigenvalue weighted by molar-refractivity contribution is 4.59. The second kappa shape index (κ2) is 7.24. The zero-order chi connectivity index (χ0) is 11.0. The van der Waals surface area contributed by atoms with Crippen molar-refractivity contribution in [1.29, 1.82) is 0 Å². The lowest BCUT2D eigenvalue weighted by Crippen LogP contribution is -2.28. The minimum absolute atomic E-state index is 0.0259. The van der Waals surface area contributed by atoms with Crippen LogP contribution in [0.1, 0.15) is 53.9 Å². The number of hydrogen-bond acceptors (Lipinski definition) is 2. The third kappa shape index (κ3) is 8.52. The summed E-state index contributed by atoms with van der Waals surface area (Å²) in [6, 6.07) is 0. The Labute approximate surface area is 89.4 Å². The van der Waals surface area contributed by atoms with Gasteiger partial charge in [0.25, 0.3) is 0 Å². The first kappa shape index (κ1) is 13.9. The SMILES string of the molecule is CCC(CC)CCNCOC(C)(C)C. The second-order valence-electron chi connectivity index (χ2n) is 4.87. The third-order valence-electron chi connectivity index (χ3n) is 2.49. The fourth-order valence-corrected chi connectivity index (χ4v) is 1.34. The molecule has 0 aromatic carbocycles. The largest absolute Gasteiger partial charge is 0.361 e. The smallest absolute Gasteiger partial charge is 0.0972 e. The van der Waals surface area contributed by atoms with Crippen LogP contribution < -0.4 is 5.32 Å². The molecule has 2 nitrogen and oxygen atoms in total. The van der Waals surface area contributed by atoms with Crippen molar-refractivity contribution in [3.05, 3.63) is 0 Å². The minimum atomic E-state index is -0.0259. The quantitative estimate of drug-likeness (QED) is 0.504. The molecule has 0 aliphatic rings. The molecule has 0 rings (SSSR count). The van der Waals surface area contributed by atoms with E-state index in [2.05, 4.69) is 39.9 Å². The van der Waals surface area contributed by atoms with Gasteiger partial charge in [-0.2, -0.15) is 0 Å². The molecular formula is C12H27NO. The summed E-state index contributed by atoms with van der Waals surface area (Å²) in [7, 11) is 0. The van der Waals surface area contributed by atoms with Gasteiger partial charge in [0.1, 0.15) is 0 Å². The molecule has 2 heteroatoms. The van der Waals surface area contributed by atoms with E-state index in [1.54, 1.807) is 0 Å². The van der Waals surface area contributed by atoms with Gasteiger partial charge in [-0.25, -0.2) is 0 Å².